The van der Waals surface area contributed by atoms with Crippen LogP contribution in [0.15, 0.2) is 6.07 Å². The summed E-state index contributed by atoms with van der Waals surface area (Å²) in [6.45, 7) is 0. The third-order valence-corrected chi connectivity index (χ3v) is 1.41. The highest BCUT2D eigenvalue weighted by atomic mass is 35.5. The summed E-state index contributed by atoms with van der Waals surface area (Å²) in [5.41, 5.74) is 10.9. The SMILES string of the molecule is C[n+]1c(N)cc(Cl)nc1N. The van der Waals surface area contributed by atoms with Crippen LogP contribution in [0, 0.1) is 0 Å². The van der Waals surface area contributed by atoms with E-state index in [1.165, 1.54) is 6.07 Å². The molecule has 4 nitrogen and oxygen atoms in total. The van der Waals surface area contributed by atoms with Gasteiger partial charge in [0.15, 0.2) is 11.0 Å². The van der Waals surface area contributed by atoms with Crippen LogP contribution >= 0.6 is 11.6 Å². The van der Waals surface area contributed by atoms with Crippen LogP contribution in [0.25, 0.3) is 0 Å². The van der Waals surface area contributed by atoms with Gasteiger partial charge in [-0.05, 0) is 11.6 Å². The smallest absolute Gasteiger partial charge is 0.335 e. The van der Waals surface area contributed by atoms with E-state index >= 15 is 0 Å². The number of halogens is 1. The summed E-state index contributed by atoms with van der Waals surface area (Å²) in [6, 6.07) is 1.54. The fourth-order valence-electron chi connectivity index (χ4n) is 0.568. The van der Waals surface area contributed by atoms with Gasteiger partial charge in [-0.2, -0.15) is 0 Å². The van der Waals surface area contributed by atoms with E-state index in [2.05, 4.69) is 4.98 Å². The van der Waals surface area contributed by atoms with Gasteiger partial charge in [0, 0.05) is 0 Å². The lowest BCUT2D eigenvalue weighted by molar-refractivity contribution is -0.644. The molecule has 0 aliphatic rings. The van der Waals surface area contributed by atoms with Gasteiger partial charge in [-0.1, -0.05) is 4.98 Å². The fraction of sp³-hybridized carbons (Fsp3) is 0.200. The van der Waals surface area contributed by atoms with Crippen LogP contribution < -0.4 is 16.0 Å². The van der Waals surface area contributed by atoms with Crippen molar-refractivity contribution in [2.45, 2.75) is 0 Å². The van der Waals surface area contributed by atoms with Crippen LogP contribution in [0.1, 0.15) is 0 Å². The maximum Gasteiger partial charge on any atom is 0.346 e. The van der Waals surface area contributed by atoms with E-state index < -0.39 is 0 Å². The molecule has 1 rings (SSSR count). The number of nitrogens with two attached hydrogens (primary N) is 2. The van der Waals surface area contributed by atoms with E-state index in [-0.39, 0.29) is 0 Å². The molecule has 1 aromatic rings. The summed E-state index contributed by atoms with van der Waals surface area (Å²) in [6.07, 6.45) is 0. The Labute approximate surface area is 63.4 Å². The van der Waals surface area contributed by atoms with Gasteiger partial charge >= 0.3 is 5.95 Å². The normalized spacial score (nSPS) is 9.80. The molecule has 0 aliphatic heterocycles. The van der Waals surface area contributed by atoms with E-state index in [4.69, 9.17) is 23.1 Å². The van der Waals surface area contributed by atoms with Crippen molar-refractivity contribution in [2.75, 3.05) is 11.5 Å². The standard InChI is InChI=1S/C5H7ClN4/c1-10-4(7)2-3(6)9-5(10)8/h2H,1H3,(H3,7,8,9)/p+1. The molecule has 0 aromatic carbocycles. The average Bonchev–Trinajstić information content (AvgIpc) is 1.82. The summed E-state index contributed by atoms with van der Waals surface area (Å²) < 4.78 is 1.55. The molecule has 0 unspecified atom stereocenters. The van der Waals surface area contributed by atoms with Crippen LogP contribution in [-0.2, 0) is 7.05 Å². The molecule has 0 saturated heterocycles. The monoisotopic (exact) mass is 159 g/mol. The van der Waals surface area contributed by atoms with Crippen LogP contribution in [0.3, 0.4) is 0 Å². The molecule has 4 N–H and O–H groups in total. The average molecular weight is 160 g/mol. The zero-order valence-corrected chi connectivity index (χ0v) is 6.26. The van der Waals surface area contributed by atoms with Crippen molar-refractivity contribution in [3.05, 3.63) is 11.2 Å². The van der Waals surface area contributed by atoms with Crippen molar-refractivity contribution in [3.63, 3.8) is 0 Å². The van der Waals surface area contributed by atoms with E-state index in [1.54, 1.807) is 11.6 Å². The first-order chi connectivity index (χ1) is 4.61. The number of hydrogen-bond donors (Lipinski definition) is 2. The number of anilines is 2. The summed E-state index contributed by atoms with van der Waals surface area (Å²) in [5, 5.41) is 0.313. The Morgan fingerprint density at radius 2 is 2.20 bits per heavy atom. The number of nitrogens with zero attached hydrogens (tertiary/aromatic N) is 2. The van der Waals surface area contributed by atoms with Gasteiger partial charge < -0.3 is 11.5 Å². The number of hydrogen-bond acceptors (Lipinski definition) is 3. The third kappa shape index (κ3) is 1.11. The Bertz CT molecular complexity index is 237. The predicted octanol–water partition coefficient (Wildman–Crippen LogP) is -0.276. The topological polar surface area (TPSA) is 68.8 Å². The second-order valence-electron chi connectivity index (χ2n) is 1.92. The fourth-order valence-corrected chi connectivity index (χ4v) is 0.766. The zero-order chi connectivity index (χ0) is 7.72. The summed E-state index contributed by atoms with van der Waals surface area (Å²) >= 11 is 5.54. The number of rotatable bonds is 0. The molecule has 0 saturated carbocycles. The second-order valence-corrected chi connectivity index (χ2v) is 2.31. The van der Waals surface area contributed by atoms with Gasteiger partial charge in [-0.25, -0.2) is 4.57 Å². The Kier molecular flexibility index (Phi) is 1.63. The highest BCUT2D eigenvalue weighted by Gasteiger charge is 2.06. The van der Waals surface area contributed by atoms with E-state index in [1.807, 2.05) is 0 Å². The van der Waals surface area contributed by atoms with Gasteiger partial charge in [0.1, 0.15) is 0 Å². The quantitative estimate of drug-likeness (QED) is 0.404. The van der Waals surface area contributed by atoms with Gasteiger partial charge in [-0.15, -0.1) is 0 Å². The van der Waals surface area contributed by atoms with Crippen molar-refractivity contribution in [2.24, 2.45) is 7.05 Å². The molecule has 0 radical (unpaired) electrons. The van der Waals surface area contributed by atoms with Gasteiger partial charge in [-0.3, -0.25) is 0 Å². The summed E-state index contributed by atoms with van der Waals surface area (Å²) in [7, 11) is 1.72. The Morgan fingerprint density at radius 1 is 1.60 bits per heavy atom. The minimum atomic E-state index is 0.310. The lowest BCUT2D eigenvalue weighted by Crippen LogP contribution is -2.36. The molecule has 10 heavy (non-hydrogen) atoms. The van der Waals surface area contributed by atoms with Gasteiger partial charge in [0.05, 0.1) is 13.1 Å². The first-order valence-corrected chi connectivity index (χ1v) is 3.06. The molecule has 0 fully saturated rings. The summed E-state index contributed by atoms with van der Waals surface area (Å²) in [4.78, 5) is 3.76. The van der Waals surface area contributed by atoms with E-state index in [9.17, 15) is 0 Å². The Hall–Kier alpha value is -1.03. The second kappa shape index (κ2) is 2.30. The van der Waals surface area contributed by atoms with Gasteiger partial charge in [0.2, 0.25) is 0 Å². The number of nitrogen functional groups attached to an aromatic ring is 2. The molecule has 5 heteroatoms. The van der Waals surface area contributed by atoms with Crippen molar-refractivity contribution in [1.29, 1.82) is 0 Å². The Balaban J connectivity index is 3.31. The minimum absolute atomic E-state index is 0.310. The molecule has 0 atom stereocenters. The minimum Gasteiger partial charge on any atom is -0.335 e. The first-order valence-electron chi connectivity index (χ1n) is 2.69. The zero-order valence-electron chi connectivity index (χ0n) is 5.50. The third-order valence-electron chi connectivity index (χ3n) is 1.22. The van der Waals surface area contributed by atoms with E-state index in [0.717, 1.165) is 0 Å². The van der Waals surface area contributed by atoms with Crippen molar-refractivity contribution in [3.8, 4) is 0 Å². The molecule has 0 aliphatic carbocycles. The molecule has 0 bridgehead atoms. The lowest BCUT2D eigenvalue weighted by atomic mass is 10.6. The van der Waals surface area contributed by atoms with Crippen LogP contribution in [0.4, 0.5) is 11.8 Å². The molecular formula is C5H8ClN4+. The van der Waals surface area contributed by atoms with Gasteiger partial charge in [0.25, 0.3) is 0 Å². The first kappa shape index (κ1) is 7.08. The molecule has 0 amide bonds. The Morgan fingerprint density at radius 3 is 2.70 bits per heavy atom. The molecule has 1 heterocycles. The van der Waals surface area contributed by atoms with Crippen molar-refractivity contribution >= 4 is 23.4 Å². The van der Waals surface area contributed by atoms with Crippen molar-refractivity contribution < 1.29 is 4.57 Å². The maximum absolute atomic E-state index is 5.54. The lowest BCUT2D eigenvalue weighted by Gasteiger charge is -1.98. The van der Waals surface area contributed by atoms with Crippen LogP contribution in [0.2, 0.25) is 5.15 Å². The number of aromatic nitrogens is 2. The highest BCUT2D eigenvalue weighted by molar-refractivity contribution is 6.29. The van der Waals surface area contributed by atoms with Crippen LogP contribution in [0.5, 0.6) is 0 Å². The van der Waals surface area contributed by atoms with E-state index in [0.29, 0.717) is 16.9 Å². The maximum atomic E-state index is 5.54. The van der Waals surface area contributed by atoms with Crippen molar-refractivity contribution in [1.82, 2.24) is 4.98 Å². The molecular weight excluding hydrogens is 152 g/mol. The molecule has 54 valence electrons. The largest absolute Gasteiger partial charge is 0.346 e. The molecule has 1 aromatic heterocycles. The summed E-state index contributed by atoms with van der Waals surface area (Å²) in [5.74, 6) is 0.808. The highest BCUT2D eigenvalue weighted by Crippen LogP contribution is 2.06. The predicted molar refractivity (Wildman–Crippen MR) is 39.2 cm³/mol. The molecule has 0 spiro atoms. The van der Waals surface area contributed by atoms with Crippen LogP contribution in [-0.4, -0.2) is 4.98 Å².